The Morgan fingerprint density at radius 2 is 2.20 bits per heavy atom. The number of nitrogens with two attached hydrogens (primary N) is 1. The molecule has 5 heteroatoms. The van der Waals surface area contributed by atoms with Crippen molar-refractivity contribution < 1.29 is 9.53 Å². The Bertz CT molecular complexity index is 599. The van der Waals surface area contributed by atoms with Crippen LogP contribution >= 0.6 is 0 Å². The summed E-state index contributed by atoms with van der Waals surface area (Å²) in [4.78, 5) is 16.3. The van der Waals surface area contributed by atoms with Crippen molar-refractivity contribution >= 4 is 22.5 Å². The van der Waals surface area contributed by atoms with Crippen molar-refractivity contribution in [3.05, 3.63) is 36.0 Å². The standard InChI is InChI=1S/C15H19N3O2/c1-2-20-9-5-8-17-15(19)14-10-12(16)11-6-3-4-7-13(11)18-14/h3-4,6-7,10H,2,5,8-9H2,1H3,(H2,16,18)(H,17,19). The summed E-state index contributed by atoms with van der Waals surface area (Å²) >= 11 is 0. The van der Waals surface area contributed by atoms with E-state index in [2.05, 4.69) is 10.3 Å². The van der Waals surface area contributed by atoms with Gasteiger partial charge in [0.25, 0.3) is 5.91 Å². The number of benzene rings is 1. The van der Waals surface area contributed by atoms with Crippen LogP contribution in [0.3, 0.4) is 0 Å². The average molecular weight is 273 g/mol. The van der Waals surface area contributed by atoms with Gasteiger partial charge in [-0.2, -0.15) is 0 Å². The molecule has 2 rings (SSSR count). The van der Waals surface area contributed by atoms with E-state index in [0.29, 0.717) is 31.1 Å². The van der Waals surface area contributed by atoms with Crippen molar-refractivity contribution in [1.29, 1.82) is 0 Å². The number of amides is 1. The number of ether oxygens (including phenoxy) is 1. The lowest BCUT2D eigenvalue weighted by Crippen LogP contribution is -2.26. The number of rotatable bonds is 6. The molecule has 1 heterocycles. The zero-order valence-electron chi connectivity index (χ0n) is 11.6. The zero-order valence-corrected chi connectivity index (χ0v) is 11.6. The number of hydrogen-bond donors (Lipinski definition) is 2. The fourth-order valence-electron chi connectivity index (χ4n) is 1.93. The fourth-order valence-corrected chi connectivity index (χ4v) is 1.93. The van der Waals surface area contributed by atoms with Gasteiger partial charge in [-0.15, -0.1) is 0 Å². The largest absolute Gasteiger partial charge is 0.398 e. The molecule has 0 atom stereocenters. The van der Waals surface area contributed by atoms with Crippen LogP contribution in [0.1, 0.15) is 23.8 Å². The molecule has 0 radical (unpaired) electrons. The smallest absolute Gasteiger partial charge is 0.269 e. The third-order valence-corrected chi connectivity index (χ3v) is 2.94. The van der Waals surface area contributed by atoms with E-state index in [1.807, 2.05) is 31.2 Å². The number of nitrogens with one attached hydrogen (secondary N) is 1. The van der Waals surface area contributed by atoms with Crippen LogP contribution in [0.4, 0.5) is 5.69 Å². The highest BCUT2D eigenvalue weighted by atomic mass is 16.5. The number of fused-ring (bicyclic) bond motifs is 1. The Kier molecular flexibility index (Phi) is 4.90. The predicted molar refractivity (Wildman–Crippen MR) is 79.6 cm³/mol. The Labute approximate surface area is 118 Å². The molecule has 1 amide bonds. The summed E-state index contributed by atoms with van der Waals surface area (Å²) < 4.78 is 5.21. The van der Waals surface area contributed by atoms with Crippen molar-refractivity contribution in [2.24, 2.45) is 0 Å². The second-order valence-electron chi connectivity index (χ2n) is 4.42. The lowest BCUT2D eigenvalue weighted by atomic mass is 10.1. The summed E-state index contributed by atoms with van der Waals surface area (Å²) in [5.41, 5.74) is 7.59. The van der Waals surface area contributed by atoms with E-state index in [-0.39, 0.29) is 5.91 Å². The van der Waals surface area contributed by atoms with Gasteiger partial charge in [-0.3, -0.25) is 4.79 Å². The molecule has 106 valence electrons. The van der Waals surface area contributed by atoms with Crippen LogP contribution in [-0.4, -0.2) is 30.6 Å². The number of nitrogen functional groups attached to an aromatic ring is 1. The van der Waals surface area contributed by atoms with Crippen molar-refractivity contribution in [2.75, 3.05) is 25.5 Å². The molecule has 20 heavy (non-hydrogen) atoms. The van der Waals surface area contributed by atoms with E-state index in [1.54, 1.807) is 6.07 Å². The number of carbonyl (C=O) groups excluding carboxylic acids is 1. The lowest BCUT2D eigenvalue weighted by Gasteiger charge is -2.07. The maximum atomic E-state index is 12.0. The molecular formula is C15H19N3O2. The number of carbonyl (C=O) groups is 1. The van der Waals surface area contributed by atoms with Crippen LogP contribution in [0.5, 0.6) is 0 Å². The first-order valence-corrected chi connectivity index (χ1v) is 6.73. The lowest BCUT2D eigenvalue weighted by molar-refractivity contribution is 0.0939. The first kappa shape index (κ1) is 14.3. The van der Waals surface area contributed by atoms with Crippen LogP contribution in [0, 0.1) is 0 Å². The molecule has 1 aromatic heterocycles. The summed E-state index contributed by atoms with van der Waals surface area (Å²) in [6, 6.07) is 9.12. The minimum Gasteiger partial charge on any atom is -0.398 e. The topological polar surface area (TPSA) is 77.2 Å². The predicted octanol–water partition coefficient (Wildman–Crippen LogP) is 1.97. The third kappa shape index (κ3) is 3.45. The quantitative estimate of drug-likeness (QED) is 0.789. The van der Waals surface area contributed by atoms with Crippen molar-refractivity contribution in [3.8, 4) is 0 Å². The minimum absolute atomic E-state index is 0.209. The van der Waals surface area contributed by atoms with Crippen LogP contribution < -0.4 is 11.1 Å². The molecule has 0 spiro atoms. The fraction of sp³-hybridized carbons (Fsp3) is 0.333. The summed E-state index contributed by atoms with van der Waals surface area (Å²) in [7, 11) is 0. The number of aromatic nitrogens is 1. The van der Waals surface area contributed by atoms with Crippen LogP contribution in [0.25, 0.3) is 10.9 Å². The number of nitrogens with zero attached hydrogens (tertiary/aromatic N) is 1. The van der Waals surface area contributed by atoms with Crippen LogP contribution in [0.15, 0.2) is 30.3 Å². The van der Waals surface area contributed by atoms with Gasteiger partial charge >= 0.3 is 0 Å². The molecule has 0 aliphatic carbocycles. The van der Waals surface area contributed by atoms with Gasteiger partial charge < -0.3 is 15.8 Å². The Morgan fingerprint density at radius 1 is 1.40 bits per heavy atom. The Balaban J connectivity index is 2.03. The highest BCUT2D eigenvalue weighted by Crippen LogP contribution is 2.19. The van der Waals surface area contributed by atoms with Crippen LogP contribution in [-0.2, 0) is 4.74 Å². The first-order chi connectivity index (χ1) is 9.72. The molecule has 0 fully saturated rings. The molecule has 0 saturated heterocycles. The van der Waals surface area contributed by atoms with Gasteiger partial charge in [-0.1, -0.05) is 18.2 Å². The molecule has 0 aliphatic heterocycles. The molecule has 5 nitrogen and oxygen atoms in total. The number of para-hydroxylation sites is 1. The molecule has 1 aromatic carbocycles. The Morgan fingerprint density at radius 3 is 3.00 bits per heavy atom. The van der Waals surface area contributed by atoms with Crippen LogP contribution in [0.2, 0.25) is 0 Å². The van der Waals surface area contributed by atoms with Gasteiger partial charge in [0, 0.05) is 30.8 Å². The average Bonchev–Trinajstić information content (AvgIpc) is 2.47. The molecular weight excluding hydrogens is 254 g/mol. The van der Waals surface area contributed by atoms with Crippen molar-refractivity contribution in [2.45, 2.75) is 13.3 Å². The van der Waals surface area contributed by atoms with Gasteiger partial charge in [0.15, 0.2) is 0 Å². The summed E-state index contributed by atoms with van der Waals surface area (Å²) in [5, 5.41) is 3.67. The van der Waals surface area contributed by atoms with E-state index in [9.17, 15) is 4.79 Å². The van der Waals surface area contributed by atoms with Crippen molar-refractivity contribution in [1.82, 2.24) is 10.3 Å². The minimum atomic E-state index is -0.209. The normalized spacial score (nSPS) is 10.7. The first-order valence-electron chi connectivity index (χ1n) is 6.73. The maximum absolute atomic E-state index is 12.0. The van der Waals surface area contributed by atoms with Gasteiger partial charge in [0.2, 0.25) is 0 Å². The molecule has 0 aliphatic rings. The number of anilines is 1. The monoisotopic (exact) mass is 273 g/mol. The second kappa shape index (κ2) is 6.86. The molecule has 0 bridgehead atoms. The van der Waals surface area contributed by atoms with E-state index in [4.69, 9.17) is 10.5 Å². The zero-order chi connectivity index (χ0) is 14.4. The SMILES string of the molecule is CCOCCCNC(=O)c1cc(N)c2ccccc2n1. The maximum Gasteiger partial charge on any atom is 0.269 e. The van der Waals surface area contributed by atoms with E-state index < -0.39 is 0 Å². The third-order valence-electron chi connectivity index (χ3n) is 2.94. The van der Waals surface area contributed by atoms with E-state index >= 15 is 0 Å². The second-order valence-corrected chi connectivity index (χ2v) is 4.42. The highest BCUT2D eigenvalue weighted by Gasteiger charge is 2.09. The molecule has 0 unspecified atom stereocenters. The summed E-state index contributed by atoms with van der Waals surface area (Å²) in [6.45, 7) is 3.84. The Hall–Kier alpha value is -2.14. The van der Waals surface area contributed by atoms with Crippen molar-refractivity contribution in [3.63, 3.8) is 0 Å². The van der Waals surface area contributed by atoms with Gasteiger partial charge in [-0.05, 0) is 25.5 Å². The number of pyridine rings is 1. The van der Waals surface area contributed by atoms with E-state index in [1.165, 1.54) is 0 Å². The molecule has 0 saturated carbocycles. The highest BCUT2D eigenvalue weighted by molar-refractivity contribution is 5.99. The molecule has 3 N–H and O–H groups in total. The summed E-state index contributed by atoms with van der Waals surface area (Å²) in [5.74, 6) is -0.209. The van der Waals surface area contributed by atoms with Gasteiger partial charge in [-0.25, -0.2) is 4.98 Å². The summed E-state index contributed by atoms with van der Waals surface area (Å²) in [6.07, 6.45) is 0.780. The number of hydrogen-bond acceptors (Lipinski definition) is 4. The van der Waals surface area contributed by atoms with Gasteiger partial charge in [0.05, 0.1) is 5.52 Å². The van der Waals surface area contributed by atoms with Gasteiger partial charge in [0.1, 0.15) is 5.69 Å². The van der Waals surface area contributed by atoms with E-state index in [0.717, 1.165) is 17.3 Å². The molecule has 2 aromatic rings.